The molecule has 0 saturated heterocycles. The molecule has 0 spiro atoms. The first-order valence-corrected chi connectivity index (χ1v) is 6.44. The summed E-state index contributed by atoms with van der Waals surface area (Å²) in [4.78, 5) is 45.2. The lowest BCUT2D eigenvalue weighted by atomic mass is 9.82. The Balaban J connectivity index is 5.23. The van der Waals surface area contributed by atoms with Gasteiger partial charge in [0.25, 0.3) is 0 Å². The maximum absolute atomic E-state index is 11.8. The predicted octanol–water partition coefficient (Wildman–Crippen LogP) is -4.13. The summed E-state index contributed by atoms with van der Waals surface area (Å²) in [5, 5.41) is 55.9. The standard InChI is InChI=1S/C12H20N2O10/c1-9(21,11(13,23)7(17)18)5(15)3-4-6(16)10(2,22)12(14,24)8(19)20/h21-24H,3-4,13-14H2,1-2H3,(H,17,18)(H,19,20)/t9?,10?,11-,12-/m0/s1. The van der Waals surface area contributed by atoms with Crippen LogP contribution in [0.3, 0.4) is 0 Å². The van der Waals surface area contributed by atoms with Crippen LogP contribution in [0.1, 0.15) is 26.7 Å². The van der Waals surface area contributed by atoms with E-state index in [-0.39, 0.29) is 0 Å². The van der Waals surface area contributed by atoms with Gasteiger partial charge in [0.15, 0.2) is 22.8 Å². The molecule has 0 aliphatic heterocycles. The Labute approximate surface area is 135 Å². The van der Waals surface area contributed by atoms with Crippen LogP contribution in [0.5, 0.6) is 0 Å². The molecule has 10 N–H and O–H groups in total. The van der Waals surface area contributed by atoms with Gasteiger partial charge in [-0.05, 0) is 13.8 Å². The second kappa shape index (κ2) is 6.51. The molecule has 0 heterocycles. The Hall–Kier alpha value is -1.96. The first-order valence-electron chi connectivity index (χ1n) is 6.44. The minimum atomic E-state index is -3.36. The number of ketones is 2. The maximum atomic E-state index is 11.8. The largest absolute Gasteiger partial charge is 0.478 e. The highest BCUT2D eigenvalue weighted by molar-refractivity contribution is 5.99. The predicted molar refractivity (Wildman–Crippen MR) is 74.0 cm³/mol. The van der Waals surface area contributed by atoms with Gasteiger partial charge in [-0.1, -0.05) is 0 Å². The van der Waals surface area contributed by atoms with E-state index in [4.69, 9.17) is 21.7 Å². The van der Waals surface area contributed by atoms with Crippen molar-refractivity contribution in [1.29, 1.82) is 0 Å². The van der Waals surface area contributed by atoms with Crippen molar-refractivity contribution in [2.75, 3.05) is 0 Å². The number of aliphatic hydroxyl groups is 4. The monoisotopic (exact) mass is 352 g/mol. The molecule has 0 radical (unpaired) electrons. The Bertz CT molecular complexity index is 514. The highest BCUT2D eigenvalue weighted by Crippen LogP contribution is 2.24. The van der Waals surface area contributed by atoms with Gasteiger partial charge in [0.1, 0.15) is 0 Å². The molecule has 24 heavy (non-hydrogen) atoms. The summed E-state index contributed by atoms with van der Waals surface area (Å²) < 4.78 is 0. The van der Waals surface area contributed by atoms with Gasteiger partial charge in [0, 0.05) is 12.8 Å². The van der Waals surface area contributed by atoms with Crippen LogP contribution in [0, 0.1) is 0 Å². The number of nitrogens with two attached hydrogens (primary N) is 2. The van der Waals surface area contributed by atoms with Gasteiger partial charge in [-0.2, -0.15) is 0 Å². The van der Waals surface area contributed by atoms with Gasteiger partial charge in [-0.15, -0.1) is 0 Å². The second-order valence-electron chi connectivity index (χ2n) is 5.63. The second-order valence-corrected chi connectivity index (χ2v) is 5.63. The van der Waals surface area contributed by atoms with Crippen molar-refractivity contribution in [2.45, 2.75) is 49.3 Å². The Kier molecular flexibility index (Phi) is 5.97. The van der Waals surface area contributed by atoms with Gasteiger partial charge in [-0.25, -0.2) is 9.59 Å². The summed E-state index contributed by atoms with van der Waals surface area (Å²) in [5.74, 6) is -6.98. The van der Waals surface area contributed by atoms with Crippen LogP contribution in [0.15, 0.2) is 0 Å². The number of Topliss-reactive ketones (excluding diaryl/α,β-unsaturated/α-hetero) is 2. The number of rotatable bonds is 9. The fraction of sp³-hybridized carbons (Fsp3) is 0.667. The van der Waals surface area contributed by atoms with Crippen LogP contribution in [0.4, 0.5) is 0 Å². The first kappa shape index (κ1) is 22.0. The van der Waals surface area contributed by atoms with Crippen molar-refractivity contribution < 1.29 is 49.8 Å². The van der Waals surface area contributed by atoms with Crippen LogP contribution in [0.2, 0.25) is 0 Å². The van der Waals surface area contributed by atoms with Crippen molar-refractivity contribution in [1.82, 2.24) is 0 Å². The molecule has 0 aromatic rings. The molecular weight excluding hydrogens is 332 g/mol. The van der Waals surface area contributed by atoms with Crippen molar-refractivity contribution in [3.63, 3.8) is 0 Å². The Morgan fingerprint density at radius 3 is 1.08 bits per heavy atom. The van der Waals surface area contributed by atoms with Crippen molar-refractivity contribution >= 4 is 23.5 Å². The number of aliphatic carboxylic acids is 2. The average Bonchev–Trinajstić information content (AvgIpc) is 2.42. The maximum Gasteiger partial charge on any atom is 0.354 e. The summed E-state index contributed by atoms with van der Waals surface area (Å²) in [6.07, 6.45) is -1.85. The number of carbonyl (C=O) groups is 4. The minimum absolute atomic E-state index is 0.600. The lowest BCUT2D eigenvalue weighted by molar-refractivity contribution is -0.194. The minimum Gasteiger partial charge on any atom is -0.478 e. The van der Waals surface area contributed by atoms with E-state index >= 15 is 0 Å². The molecule has 4 atom stereocenters. The molecule has 0 aromatic heterocycles. The van der Waals surface area contributed by atoms with Crippen molar-refractivity contribution in [3.8, 4) is 0 Å². The van der Waals surface area contributed by atoms with E-state index in [2.05, 4.69) is 0 Å². The van der Waals surface area contributed by atoms with E-state index in [0.717, 1.165) is 0 Å². The van der Waals surface area contributed by atoms with Crippen LogP contribution in [-0.2, 0) is 19.2 Å². The van der Waals surface area contributed by atoms with Gasteiger partial charge in [-0.3, -0.25) is 21.1 Å². The SMILES string of the molecule is CC(O)(C(=O)CCC(=O)C(C)(O)[C@@](N)(O)C(=O)O)[C@@](N)(O)C(=O)O. The molecule has 0 saturated carbocycles. The number of hydrogen-bond donors (Lipinski definition) is 8. The Morgan fingerprint density at radius 2 is 0.917 bits per heavy atom. The van der Waals surface area contributed by atoms with Crippen molar-refractivity contribution in [2.24, 2.45) is 11.5 Å². The van der Waals surface area contributed by atoms with E-state index in [1.165, 1.54) is 0 Å². The molecule has 12 nitrogen and oxygen atoms in total. The topological polar surface area (TPSA) is 242 Å². The summed E-state index contributed by atoms with van der Waals surface area (Å²) in [6, 6.07) is 0. The van der Waals surface area contributed by atoms with Crippen LogP contribution in [0.25, 0.3) is 0 Å². The summed E-state index contributed by atoms with van der Waals surface area (Å²) >= 11 is 0. The quantitative estimate of drug-likeness (QED) is 0.184. The van der Waals surface area contributed by atoms with Gasteiger partial charge in [0.05, 0.1) is 0 Å². The smallest absolute Gasteiger partial charge is 0.354 e. The molecule has 2 unspecified atom stereocenters. The lowest BCUT2D eigenvalue weighted by Crippen LogP contribution is -2.68. The van der Waals surface area contributed by atoms with E-state index in [1.807, 2.05) is 0 Å². The molecule has 0 aliphatic rings. The normalized spacial score (nSPS) is 21.5. The molecule has 0 rings (SSSR count). The summed E-state index contributed by atoms with van der Waals surface area (Å²) in [7, 11) is 0. The third-order valence-electron chi connectivity index (χ3n) is 3.80. The van der Waals surface area contributed by atoms with E-state index in [9.17, 15) is 39.6 Å². The van der Waals surface area contributed by atoms with Crippen molar-refractivity contribution in [3.05, 3.63) is 0 Å². The van der Waals surface area contributed by atoms with E-state index in [0.29, 0.717) is 13.8 Å². The molecule has 0 fully saturated rings. The molecule has 0 aliphatic carbocycles. The van der Waals surface area contributed by atoms with E-state index < -0.39 is 59.0 Å². The van der Waals surface area contributed by atoms with Gasteiger partial charge < -0.3 is 30.6 Å². The van der Waals surface area contributed by atoms with Crippen LogP contribution < -0.4 is 11.5 Å². The third-order valence-corrected chi connectivity index (χ3v) is 3.80. The van der Waals surface area contributed by atoms with Gasteiger partial charge >= 0.3 is 11.9 Å². The molecule has 0 amide bonds. The van der Waals surface area contributed by atoms with Crippen LogP contribution >= 0.6 is 0 Å². The number of carboxylic acid groups (broad SMARTS) is 2. The summed E-state index contributed by atoms with van der Waals surface area (Å²) in [6.45, 7) is 1.20. The Morgan fingerprint density at radius 1 is 0.708 bits per heavy atom. The fourth-order valence-corrected chi connectivity index (χ4v) is 1.56. The average molecular weight is 352 g/mol. The van der Waals surface area contributed by atoms with E-state index in [1.54, 1.807) is 0 Å². The summed E-state index contributed by atoms with van der Waals surface area (Å²) in [5.41, 5.74) is -2.79. The fourth-order valence-electron chi connectivity index (χ4n) is 1.56. The third kappa shape index (κ3) is 3.58. The van der Waals surface area contributed by atoms with Gasteiger partial charge in [0.2, 0.25) is 11.4 Å². The first-order chi connectivity index (χ1) is 10.4. The highest BCUT2D eigenvalue weighted by Gasteiger charge is 2.56. The lowest BCUT2D eigenvalue weighted by Gasteiger charge is -2.34. The number of hydrogen-bond acceptors (Lipinski definition) is 10. The zero-order valence-electron chi connectivity index (χ0n) is 12.9. The molecular formula is C12H20N2O10. The molecule has 0 aromatic carbocycles. The molecule has 0 bridgehead atoms. The number of carboxylic acids is 2. The number of carbonyl (C=O) groups excluding carboxylic acids is 2. The highest BCUT2D eigenvalue weighted by atomic mass is 16.4. The zero-order valence-corrected chi connectivity index (χ0v) is 12.9. The van der Waals surface area contributed by atoms with Crippen LogP contribution in [-0.4, -0.2) is 76.8 Å². The zero-order chi connectivity index (χ0) is 19.7. The molecule has 138 valence electrons. The molecule has 12 heteroatoms.